The zero-order valence-corrected chi connectivity index (χ0v) is 16.6. The number of nitriles is 1. The van der Waals surface area contributed by atoms with Gasteiger partial charge in [0.25, 0.3) is 0 Å². The number of halogens is 1. The van der Waals surface area contributed by atoms with Crippen LogP contribution in [0.1, 0.15) is 37.3 Å². The van der Waals surface area contributed by atoms with Gasteiger partial charge in [0.1, 0.15) is 11.8 Å². The summed E-state index contributed by atoms with van der Waals surface area (Å²) < 4.78 is 11.1. The third-order valence-electron chi connectivity index (χ3n) is 5.00. The summed E-state index contributed by atoms with van der Waals surface area (Å²) in [6.45, 7) is 3.58. The second kappa shape index (κ2) is 9.09. The molecule has 0 spiro atoms. The standard InChI is InChI=1S/C22H23ClN2O3/c1-2-11-28-20-8-7-19(14-16(20)15-24)25-21(26)22(9-12-27-13-10-22)17-3-5-18(23)6-4-17/h3-8,14H,2,9-13H2,1H3,(H,25,26). The van der Waals surface area contributed by atoms with Gasteiger partial charge in [-0.3, -0.25) is 4.79 Å². The summed E-state index contributed by atoms with van der Waals surface area (Å²) in [4.78, 5) is 13.3. The average molecular weight is 399 g/mol. The molecule has 0 aliphatic carbocycles. The fraction of sp³-hybridized carbons (Fsp3) is 0.364. The summed E-state index contributed by atoms with van der Waals surface area (Å²) in [6.07, 6.45) is 2.03. The quantitative estimate of drug-likeness (QED) is 0.766. The highest BCUT2D eigenvalue weighted by atomic mass is 35.5. The maximum atomic E-state index is 13.3. The van der Waals surface area contributed by atoms with Crippen molar-refractivity contribution in [3.05, 3.63) is 58.6 Å². The number of hydrogen-bond donors (Lipinski definition) is 1. The summed E-state index contributed by atoms with van der Waals surface area (Å²) in [5, 5.41) is 13.0. The molecule has 1 heterocycles. The molecule has 0 saturated carbocycles. The lowest BCUT2D eigenvalue weighted by Gasteiger charge is -2.36. The molecule has 1 saturated heterocycles. The van der Waals surface area contributed by atoms with Gasteiger partial charge in [-0.2, -0.15) is 5.26 Å². The van der Waals surface area contributed by atoms with E-state index in [2.05, 4.69) is 11.4 Å². The first kappa shape index (κ1) is 20.2. The Bertz CT molecular complexity index is 868. The maximum absolute atomic E-state index is 13.3. The zero-order valence-electron chi connectivity index (χ0n) is 15.8. The van der Waals surface area contributed by atoms with Crippen molar-refractivity contribution in [2.45, 2.75) is 31.6 Å². The number of nitrogens with zero attached hydrogens (tertiary/aromatic N) is 1. The second-order valence-electron chi connectivity index (χ2n) is 6.83. The zero-order chi connectivity index (χ0) is 20.0. The van der Waals surface area contributed by atoms with E-state index in [1.807, 2.05) is 19.1 Å². The van der Waals surface area contributed by atoms with Gasteiger partial charge in [0, 0.05) is 23.9 Å². The molecule has 28 heavy (non-hydrogen) atoms. The van der Waals surface area contributed by atoms with Crippen LogP contribution in [0.3, 0.4) is 0 Å². The molecule has 1 aliphatic rings. The molecule has 6 heteroatoms. The lowest BCUT2D eigenvalue weighted by atomic mass is 9.73. The Labute approximate surface area is 170 Å². The third kappa shape index (κ3) is 4.30. The Morgan fingerprint density at radius 2 is 1.96 bits per heavy atom. The number of hydrogen-bond acceptors (Lipinski definition) is 4. The number of amides is 1. The van der Waals surface area contributed by atoms with E-state index in [9.17, 15) is 10.1 Å². The Kier molecular flexibility index (Phi) is 6.56. The van der Waals surface area contributed by atoms with Crippen LogP contribution >= 0.6 is 11.6 Å². The fourth-order valence-electron chi connectivity index (χ4n) is 3.42. The number of anilines is 1. The van der Waals surface area contributed by atoms with E-state index in [1.165, 1.54) is 0 Å². The number of nitrogens with one attached hydrogen (secondary N) is 1. The van der Waals surface area contributed by atoms with Crippen molar-refractivity contribution in [2.24, 2.45) is 0 Å². The van der Waals surface area contributed by atoms with Gasteiger partial charge in [-0.1, -0.05) is 30.7 Å². The Hall–Kier alpha value is -2.55. The van der Waals surface area contributed by atoms with Crippen LogP contribution in [0.15, 0.2) is 42.5 Å². The van der Waals surface area contributed by atoms with Crippen molar-refractivity contribution in [3.8, 4) is 11.8 Å². The first-order valence-corrected chi connectivity index (χ1v) is 9.79. The van der Waals surface area contributed by atoms with Crippen molar-refractivity contribution in [3.63, 3.8) is 0 Å². The highest BCUT2D eigenvalue weighted by Crippen LogP contribution is 2.37. The minimum atomic E-state index is -0.687. The molecule has 1 aliphatic heterocycles. The Morgan fingerprint density at radius 3 is 2.61 bits per heavy atom. The molecule has 5 nitrogen and oxygen atoms in total. The molecule has 0 atom stereocenters. The molecule has 0 radical (unpaired) electrons. The minimum Gasteiger partial charge on any atom is -0.492 e. The molecule has 1 fully saturated rings. The van der Waals surface area contributed by atoms with Crippen LogP contribution < -0.4 is 10.1 Å². The molecular weight excluding hydrogens is 376 g/mol. The van der Waals surface area contributed by atoms with Crippen LogP contribution in [0.4, 0.5) is 5.69 Å². The number of benzene rings is 2. The second-order valence-corrected chi connectivity index (χ2v) is 7.26. The van der Waals surface area contributed by atoms with Gasteiger partial charge < -0.3 is 14.8 Å². The number of ether oxygens (including phenoxy) is 2. The largest absolute Gasteiger partial charge is 0.492 e. The minimum absolute atomic E-state index is 0.107. The number of rotatable bonds is 6. The third-order valence-corrected chi connectivity index (χ3v) is 5.25. The lowest BCUT2D eigenvalue weighted by molar-refractivity contribution is -0.125. The highest BCUT2D eigenvalue weighted by Gasteiger charge is 2.41. The SMILES string of the molecule is CCCOc1ccc(NC(=O)C2(c3ccc(Cl)cc3)CCOCC2)cc1C#N. The molecule has 2 aromatic carbocycles. The molecule has 0 aromatic heterocycles. The van der Waals surface area contributed by atoms with E-state index >= 15 is 0 Å². The van der Waals surface area contributed by atoms with Gasteiger partial charge in [-0.05, 0) is 55.2 Å². The smallest absolute Gasteiger partial charge is 0.235 e. The van der Waals surface area contributed by atoms with Gasteiger partial charge in [-0.15, -0.1) is 0 Å². The maximum Gasteiger partial charge on any atom is 0.235 e. The van der Waals surface area contributed by atoms with E-state index in [4.69, 9.17) is 21.1 Å². The van der Waals surface area contributed by atoms with Crippen LogP contribution in [0.5, 0.6) is 5.75 Å². The summed E-state index contributed by atoms with van der Waals surface area (Å²) >= 11 is 6.02. The van der Waals surface area contributed by atoms with Crippen LogP contribution in [0.25, 0.3) is 0 Å². The summed E-state index contributed by atoms with van der Waals surface area (Å²) in [6, 6.07) is 14.7. The molecule has 0 unspecified atom stereocenters. The monoisotopic (exact) mass is 398 g/mol. The van der Waals surface area contributed by atoms with Crippen LogP contribution in [0, 0.1) is 11.3 Å². The Morgan fingerprint density at radius 1 is 1.25 bits per heavy atom. The lowest BCUT2D eigenvalue weighted by Crippen LogP contribution is -2.44. The predicted molar refractivity (Wildman–Crippen MR) is 109 cm³/mol. The Balaban J connectivity index is 1.86. The van der Waals surface area contributed by atoms with E-state index < -0.39 is 5.41 Å². The first-order chi connectivity index (χ1) is 13.6. The first-order valence-electron chi connectivity index (χ1n) is 9.41. The van der Waals surface area contributed by atoms with Crippen LogP contribution in [0.2, 0.25) is 5.02 Å². The van der Waals surface area contributed by atoms with Crippen molar-refractivity contribution in [1.82, 2.24) is 0 Å². The molecule has 3 rings (SSSR count). The van der Waals surface area contributed by atoms with Crippen molar-refractivity contribution in [2.75, 3.05) is 25.1 Å². The normalized spacial score (nSPS) is 15.5. The topological polar surface area (TPSA) is 71.3 Å². The summed E-state index contributed by atoms with van der Waals surface area (Å²) in [5.74, 6) is 0.421. The number of carbonyl (C=O) groups excluding carboxylic acids is 1. The van der Waals surface area contributed by atoms with E-state index in [0.717, 1.165) is 12.0 Å². The van der Waals surface area contributed by atoms with Crippen molar-refractivity contribution >= 4 is 23.2 Å². The summed E-state index contributed by atoms with van der Waals surface area (Å²) in [5.41, 5.74) is 1.21. The number of carbonyl (C=O) groups is 1. The van der Waals surface area contributed by atoms with Gasteiger partial charge in [0.05, 0.1) is 17.6 Å². The molecule has 146 valence electrons. The molecule has 1 N–H and O–H groups in total. The van der Waals surface area contributed by atoms with E-state index in [0.29, 0.717) is 54.7 Å². The van der Waals surface area contributed by atoms with Gasteiger partial charge >= 0.3 is 0 Å². The average Bonchev–Trinajstić information content (AvgIpc) is 2.73. The van der Waals surface area contributed by atoms with Crippen molar-refractivity contribution < 1.29 is 14.3 Å². The summed E-state index contributed by atoms with van der Waals surface area (Å²) in [7, 11) is 0. The molecular formula is C22H23ClN2O3. The predicted octanol–water partition coefficient (Wildman–Crippen LogP) is 4.69. The van der Waals surface area contributed by atoms with Crippen molar-refractivity contribution in [1.29, 1.82) is 5.26 Å². The highest BCUT2D eigenvalue weighted by molar-refractivity contribution is 6.30. The van der Waals surface area contributed by atoms with E-state index in [1.54, 1.807) is 30.3 Å². The fourth-order valence-corrected chi connectivity index (χ4v) is 3.55. The van der Waals surface area contributed by atoms with Crippen LogP contribution in [-0.2, 0) is 14.9 Å². The molecule has 1 amide bonds. The molecule has 2 aromatic rings. The van der Waals surface area contributed by atoms with Gasteiger partial charge in [0.15, 0.2) is 0 Å². The van der Waals surface area contributed by atoms with Crippen LogP contribution in [-0.4, -0.2) is 25.7 Å². The molecule has 0 bridgehead atoms. The van der Waals surface area contributed by atoms with Gasteiger partial charge in [0.2, 0.25) is 5.91 Å². The van der Waals surface area contributed by atoms with E-state index in [-0.39, 0.29) is 5.91 Å². The van der Waals surface area contributed by atoms with Gasteiger partial charge in [-0.25, -0.2) is 0 Å².